The van der Waals surface area contributed by atoms with Gasteiger partial charge in [-0.2, -0.15) is 4.98 Å². The van der Waals surface area contributed by atoms with Crippen molar-refractivity contribution in [1.29, 1.82) is 0 Å². The normalized spacial score (nSPS) is 17.4. The third-order valence-electron chi connectivity index (χ3n) is 4.15. The van der Waals surface area contributed by atoms with E-state index in [0.717, 1.165) is 12.0 Å². The van der Waals surface area contributed by atoms with Crippen LogP contribution >= 0.6 is 0 Å². The van der Waals surface area contributed by atoms with Crippen LogP contribution in [0.15, 0.2) is 45.4 Å². The Morgan fingerprint density at radius 3 is 2.79 bits per heavy atom. The van der Waals surface area contributed by atoms with Gasteiger partial charge in [0.2, 0.25) is 0 Å². The summed E-state index contributed by atoms with van der Waals surface area (Å²) in [7, 11) is 0. The molecule has 3 aromatic rings. The highest BCUT2D eigenvalue weighted by molar-refractivity contribution is 5.92. The lowest BCUT2D eigenvalue weighted by Gasteiger charge is -2.13. The summed E-state index contributed by atoms with van der Waals surface area (Å²) in [6.07, 6.45) is 0.802. The molecule has 1 aliphatic rings. The van der Waals surface area contributed by atoms with Gasteiger partial charge in [0.05, 0.1) is 0 Å². The molecule has 2 aromatic heterocycles. The number of aryl methyl sites for hydroxylation is 1. The lowest BCUT2D eigenvalue weighted by molar-refractivity contribution is 0.0780. The summed E-state index contributed by atoms with van der Waals surface area (Å²) < 4.78 is 10.3. The van der Waals surface area contributed by atoms with Crippen molar-refractivity contribution in [3.05, 3.63) is 53.7 Å². The number of hydrogen-bond donors (Lipinski definition) is 0. The van der Waals surface area contributed by atoms with Crippen LogP contribution in [0.1, 0.15) is 34.4 Å². The number of aromatic nitrogens is 3. The van der Waals surface area contributed by atoms with Gasteiger partial charge in [-0.3, -0.25) is 4.79 Å². The monoisotopic (exact) mass is 324 g/mol. The summed E-state index contributed by atoms with van der Waals surface area (Å²) in [4.78, 5) is 18.6. The van der Waals surface area contributed by atoms with E-state index >= 15 is 0 Å². The Labute approximate surface area is 138 Å². The average molecular weight is 324 g/mol. The lowest BCUT2D eigenvalue weighted by Crippen LogP contribution is -2.28. The van der Waals surface area contributed by atoms with Gasteiger partial charge in [-0.25, -0.2) is 0 Å². The zero-order valence-electron chi connectivity index (χ0n) is 13.2. The van der Waals surface area contributed by atoms with Crippen molar-refractivity contribution >= 4 is 5.91 Å². The van der Waals surface area contributed by atoms with Gasteiger partial charge in [0.1, 0.15) is 5.76 Å². The van der Waals surface area contributed by atoms with Gasteiger partial charge >= 0.3 is 0 Å². The number of nitrogens with zero attached hydrogens (tertiary/aromatic N) is 4. The summed E-state index contributed by atoms with van der Waals surface area (Å²) in [5, 5.41) is 7.87. The summed E-state index contributed by atoms with van der Waals surface area (Å²) in [6.45, 7) is 2.96. The van der Waals surface area contributed by atoms with Gasteiger partial charge in [-0.1, -0.05) is 28.5 Å². The third kappa shape index (κ3) is 2.68. The molecule has 1 saturated heterocycles. The molecule has 1 atom stereocenters. The molecule has 0 unspecified atom stereocenters. The van der Waals surface area contributed by atoms with E-state index in [2.05, 4.69) is 15.3 Å². The molecular weight excluding hydrogens is 308 g/mol. The van der Waals surface area contributed by atoms with E-state index in [1.165, 1.54) is 0 Å². The summed E-state index contributed by atoms with van der Waals surface area (Å²) in [5.74, 6) is 1.71. The van der Waals surface area contributed by atoms with Crippen LogP contribution in [0.2, 0.25) is 0 Å². The van der Waals surface area contributed by atoms with Crippen LogP contribution in [-0.4, -0.2) is 39.2 Å². The maximum atomic E-state index is 12.4. The molecule has 7 heteroatoms. The smallest absolute Gasteiger partial charge is 0.276 e. The van der Waals surface area contributed by atoms with Gasteiger partial charge in [0.15, 0.2) is 11.5 Å². The minimum atomic E-state index is -0.124. The highest BCUT2D eigenvalue weighted by atomic mass is 16.5. The van der Waals surface area contributed by atoms with Crippen molar-refractivity contribution in [1.82, 2.24) is 20.2 Å². The molecular formula is C17H16N4O3. The quantitative estimate of drug-likeness (QED) is 0.736. The molecule has 4 rings (SSSR count). The number of carbonyl (C=O) groups excluding carboxylic acids is 1. The van der Waals surface area contributed by atoms with E-state index in [1.54, 1.807) is 17.9 Å². The predicted molar refractivity (Wildman–Crippen MR) is 84.2 cm³/mol. The molecule has 24 heavy (non-hydrogen) atoms. The van der Waals surface area contributed by atoms with Gasteiger partial charge in [-0.05, 0) is 25.5 Å². The molecule has 0 spiro atoms. The fraction of sp³-hybridized carbons (Fsp3) is 0.294. The van der Waals surface area contributed by atoms with Crippen molar-refractivity contribution in [2.24, 2.45) is 0 Å². The average Bonchev–Trinajstić information content (AvgIpc) is 3.35. The molecule has 0 N–H and O–H groups in total. The first kappa shape index (κ1) is 14.6. The molecule has 0 aliphatic carbocycles. The summed E-state index contributed by atoms with van der Waals surface area (Å²) >= 11 is 0. The van der Waals surface area contributed by atoms with Crippen LogP contribution in [0.5, 0.6) is 0 Å². The number of carbonyl (C=O) groups is 1. The van der Waals surface area contributed by atoms with Gasteiger partial charge in [-0.15, -0.1) is 0 Å². The fourth-order valence-electron chi connectivity index (χ4n) is 2.88. The van der Waals surface area contributed by atoms with Crippen LogP contribution in [0, 0.1) is 6.92 Å². The Morgan fingerprint density at radius 2 is 2.04 bits per heavy atom. The summed E-state index contributed by atoms with van der Waals surface area (Å²) in [5.41, 5.74) is 1.23. The highest BCUT2D eigenvalue weighted by Crippen LogP contribution is 2.28. The van der Waals surface area contributed by atoms with E-state index in [-0.39, 0.29) is 11.8 Å². The Hall–Kier alpha value is -2.96. The number of likely N-dealkylation sites (tertiary alicyclic amines) is 1. The molecule has 1 amide bonds. The minimum absolute atomic E-state index is 0.0724. The topological polar surface area (TPSA) is 85.3 Å². The number of rotatable bonds is 3. The van der Waals surface area contributed by atoms with Crippen LogP contribution in [0.25, 0.3) is 11.5 Å². The fourth-order valence-corrected chi connectivity index (χ4v) is 2.88. The SMILES string of the molecule is Cc1cc(C(=O)N2CC[C@@H](c3noc(-c4ccccc4)n3)C2)no1. The first-order valence-electron chi connectivity index (χ1n) is 7.82. The van der Waals surface area contributed by atoms with E-state index < -0.39 is 0 Å². The van der Waals surface area contributed by atoms with E-state index in [0.29, 0.717) is 36.3 Å². The second-order valence-electron chi connectivity index (χ2n) is 5.88. The van der Waals surface area contributed by atoms with Crippen molar-refractivity contribution in [2.45, 2.75) is 19.3 Å². The Bertz CT molecular complexity index is 856. The van der Waals surface area contributed by atoms with Crippen LogP contribution in [0.3, 0.4) is 0 Å². The van der Waals surface area contributed by atoms with Crippen LogP contribution < -0.4 is 0 Å². The molecule has 1 aliphatic heterocycles. The Balaban J connectivity index is 1.47. The molecule has 1 fully saturated rings. The molecule has 3 heterocycles. The Morgan fingerprint density at radius 1 is 1.21 bits per heavy atom. The highest BCUT2D eigenvalue weighted by Gasteiger charge is 2.32. The van der Waals surface area contributed by atoms with Gasteiger partial charge in [0, 0.05) is 30.6 Å². The van der Waals surface area contributed by atoms with Crippen molar-refractivity contribution in [3.63, 3.8) is 0 Å². The number of benzene rings is 1. The first-order chi connectivity index (χ1) is 11.7. The molecule has 122 valence electrons. The zero-order chi connectivity index (χ0) is 16.5. The predicted octanol–water partition coefficient (Wildman–Crippen LogP) is 2.66. The molecule has 0 bridgehead atoms. The van der Waals surface area contributed by atoms with Crippen LogP contribution in [0.4, 0.5) is 0 Å². The summed E-state index contributed by atoms with van der Waals surface area (Å²) in [6, 6.07) is 11.3. The maximum Gasteiger partial charge on any atom is 0.276 e. The zero-order valence-corrected chi connectivity index (χ0v) is 13.2. The number of hydrogen-bond acceptors (Lipinski definition) is 6. The maximum absolute atomic E-state index is 12.4. The van der Waals surface area contributed by atoms with Crippen molar-refractivity contribution < 1.29 is 13.8 Å². The third-order valence-corrected chi connectivity index (χ3v) is 4.15. The Kier molecular flexibility index (Phi) is 3.60. The van der Waals surface area contributed by atoms with Crippen LogP contribution in [-0.2, 0) is 0 Å². The molecule has 1 aromatic carbocycles. The van der Waals surface area contributed by atoms with E-state index in [1.807, 2.05) is 30.3 Å². The number of amides is 1. The van der Waals surface area contributed by atoms with Crippen molar-refractivity contribution in [2.75, 3.05) is 13.1 Å². The minimum Gasteiger partial charge on any atom is -0.361 e. The second-order valence-corrected chi connectivity index (χ2v) is 5.88. The molecule has 0 radical (unpaired) electrons. The van der Waals surface area contributed by atoms with Gasteiger partial charge < -0.3 is 13.9 Å². The molecule has 0 saturated carbocycles. The van der Waals surface area contributed by atoms with E-state index in [4.69, 9.17) is 9.05 Å². The van der Waals surface area contributed by atoms with Crippen molar-refractivity contribution in [3.8, 4) is 11.5 Å². The van der Waals surface area contributed by atoms with Gasteiger partial charge in [0.25, 0.3) is 11.8 Å². The second kappa shape index (κ2) is 5.92. The first-order valence-corrected chi connectivity index (χ1v) is 7.82. The standard InChI is InChI=1S/C17H16N4O3/c1-11-9-14(19-23-11)17(22)21-8-7-13(10-21)15-18-16(24-20-15)12-5-3-2-4-6-12/h2-6,9,13H,7-8,10H2,1H3/t13-/m1/s1. The largest absolute Gasteiger partial charge is 0.361 e. The molecule has 7 nitrogen and oxygen atoms in total. The van der Waals surface area contributed by atoms with E-state index in [9.17, 15) is 4.79 Å². The lowest BCUT2D eigenvalue weighted by atomic mass is 10.1.